The largest absolute Gasteiger partial charge is 0.322 e. The number of carbonyl (C=O) groups is 3. The van der Waals surface area contributed by atoms with Crippen LogP contribution < -0.4 is 10.6 Å². The zero-order valence-corrected chi connectivity index (χ0v) is 18.9. The molecule has 5 rings (SSSR count). The Kier molecular flexibility index (Phi) is 6.03. The van der Waals surface area contributed by atoms with E-state index in [1.54, 1.807) is 4.90 Å². The fraction of sp³-hybridized carbons (Fsp3) is 0.640. The minimum absolute atomic E-state index is 0.0852. The molecule has 2 N–H and O–H groups in total. The molecule has 0 aliphatic carbocycles. The van der Waals surface area contributed by atoms with Crippen molar-refractivity contribution >= 4 is 17.7 Å². The van der Waals surface area contributed by atoms with Gasteiger partial charge >= 0.3 is 0 Å². The van der Waals surface area contributed by atoms with Crippen molar-refractivity contribution in [2.75, 3.05) is 13.1 Å². The summed E-state index contributed by atoms with van der Waals surface area (Å²) >= 11 is 0. The maximum Gasteiger partial charge on any atom is 0.255 e. The highest BCUT2D eigenvalue weighted by Crippen LogP contribution is 2.35. The molecule has 3 fully saturated rings. The first-order valence-electron chi connectivity index (χ1n) is 12.2. The first kappa shape index (κ1) is 21.6. The van der Waals surface area contributed by atoms with E-state index in [0.717, 1.165) is 36.7 Å². The van der Waals surface area contributed by atoms with Crippen molar-refractivity contribution in [1.29, 1.82) is 0 Å². The van der Waals surface area contributed by atoms with Gasteiger partial charge in [-0.2, -0.15) is 0 Å². The number of benzene rings is 1. The minimum atomic E-state index is -0.558. The Morgan fingerprint density at radius 3 is 2.62 bits per heavy atom. The van der Waals surface area contributed by atoms with Gasteiger partial charge in [-0.15, -0.1) is 0 Å². The molecule has 1 aromatic rings. The van der Waals surface area contributed by atoms with Crippen LogP contribution in [0, 0.1) is 5.92 Å². The standard InChI is InChI=1S/C25H34N4O3/c1-16-4-2-7-21(17-10-12-26-13-11-17)28(16)14-18-5-3-6-19-20(18)15-29(25(19)32)22-8-9-23(30)27-24(22)31/h3,5-6,16-17,21-22,26H,2,4,7-15H2,1H3,(H,27,30,31)/t16-,21-,22?/m1/s1. The van der Waals surface area contributed by atoms with E-state index in [1.165, 1.54) is 37.7 Å². The van der Waals surface area contributed by atoms with E-state index in [2.05, 4.69) is 28.5 Å². The van der Waals surface area contributed by atoms with Crippen LogP contribution in [0.5, 0.6) is 0 Å². The molecule has 0 radical (unpaired) electrons. The van der Waals surface area contributed by atoms with Crippen molar-refractivity contribution in [1.82, 2.24) is 20.4 Å². The minimum Gasteiger partial charge on any atom is -0.322 e. The van der Waals surface area contributed by atoms with E-state index < -0.39 is 6.04 Å². The second-order valence-electron chi connectivity index (χ2n) is 9.95. The van der Waals surface area contributed by atoms with Crippen molar-refractivity contribution < 1.29 is 14.4 Å². The third-order valence-electron chi connectivity index (χ3n) is 8.07. The maximum absolute atomic E-state index is 13.2. The summed E-state index contributed by atoms with van der Waals surface area (Å²) in [5.74, 6) is 0.0500. The van der Waals surface area contributed by atoms with E-state index in [9.17, 15) is 14.4 Å². The number of likely N-dealkylation sites (tertiary alicyclic amines) is 1. The zero-order chi connectivity index (χ0) is 22.2. The second-order valence-corrected chi connectivity index (χ2v) is 9.95. The molecular formula is C25H34N4O3. The Labute approximate surface area is 189 Å². The molecule has 172 valence electrons. The highest BCUT2D eigenvalue weighted by molar-refractivity contribution is 6.05. The summed E-state index contributed by atoms with van der Waals surface area (Å²) in [6, 6.07) is 6.59. The van der Waals surface area contributed by atoms with Gasteiger partial charge in [-0.25, -0.2) is 0 Å². The fourth-order valence-corrected chi connectivity index (χ4v) is 6.28. The molecule has 4 aliphatic rings. The van der Waals surface area contributed by atoms with Crippen molar-refractivity contribution in [3.05, 3.63) is 34.9 Å². The number of rotatable bonds is 4. The first-order valence-corrected chi connectivity index (χ1v) is 12.2. The molecule has 0 saturated carbocycles. The lowest BCUT2D eigenvalue weighted by molar-refractivity contribution is -0.136. The Morgan fingerprint density at radius 2 is 1.84 bits per heavy atom. The number of amides is 3. The molecule has 3 atom stereocenters. The lowest BCUT2D eigenvalue weighted by Gasteiger charge is -2.46. The molecule has 7 nitrogen and oxygen atoms in total. The Bertz CT molecular complexity index is 910. The molecule has 1 unspecified atom stereocenters. The molecule has 4 heterocycles. The van der Waals surface area contributed by atoms with Gasteiger partial charge in [0.2, 0.25) is 11.8 Å². The second kappa shape index (κ2) is 8.94. The summed E-state index contributed by atoms with van der Waals surface area (Å²) in [5, 5.41) is 5.89. The summed E-state index contributed by atoms with van der Waals surface area (Å²) < 4.78 is 0. The van der Waals surface area contributed by atoms with E-state index >= 15 is 0 Å². The van der Waals surface area contributed by atoms with E-state index in [0.29, 0.717) is 25.0 Å². The Hall–Kier alpha value is -2.25. The number of hydrogen-bond acceptors (Lipinski definition) is 5. The molecule has 3 amide bonds. The van der Waals surface area contributed by atoms with E-state index in [4.69, 9.17) is 0 Å². The van der Waals surface area contributed by atoms with Crippen LogP contribution in [0.3, 0.4) is 0 Å². The SMILES string of the molecule is C[C@@H]1CCC[C@H](C2CCNCC2)N1Cc1cccc2c1CN(C1CCC(=O)NC1=O)C2=O. The molecule has 0 bridgehead atoms. The summed E-state index contributed by atoms with van der Waals surface area (Å²) in [6.07, 6.45) is 6.93. The Morgan fingerprint density at radius 1 is 1.03 bits per heavy atom. The van der Waals surface area contributed by atoms with Crippen molar-refractivity contribution in [3.63, 3.8) is 0 Å². The van der Waals surface area contributed by atoms with E-state index in [-0.39, 0.29) is 24.1 Å². The average molecular weight is 439 g/mol. The highest BCUT2D eigenvalue weighted by Gasteiger charge is 2.41. The third kappa shape index (κ3) is 3.97. The molecule has 1 aromatic carbocycles. The molecule has 0 spiro atoms. The number of fused-ring (bicyclic) bond motifs is 1. The third-order valence-corrected chi connectivity index (χ3v) is 8.07. The summed E-state index contributed by atoms with van der Waals surface area (Å²) in [7, 11) is 0. The number of hydrogen-bond donors (Lipinski definition) is 2. The van der Waals surface area contributed by atoms with Gasteiger partial charge in [0.15, 0.2) is 0 Å². The summed E-state index contributed by atoms with van der Waals surface area (Å²) in [5.41, 5.74) is 2.98. The van der Waals surface area contributed by atoms with E-state index in [1.807, 2.05) is 12.1 Å². The van der Waals surface area contributed by atoms with Crippen LogP contribution in [0.2, 0.25) is 0 Å². The van der Waals surface area contributed by atoms with Gasteiger partial charge < -0.3 is 10.2 Å². The van der Waals surface area contributed by atoms with Crippen LogP contribution in [0.1, 0.15) is 73.4 Å². The number of nitrogens with one attached hydrogen (secondary N) is 2. The monoisotopic (exact) mass is 438 g/mol. The number of piperidine rings is 3. The topological polar surface area (TPSA) is 81.8 Å². The zero-order valence-electron chi connectivity index (χ0n) is 18.9. The van der Waals surface area contributed by atoms with Gasteiger partial charge in [-0.3, -0.25) is 24.6 Å². The van der Waals surface area contributed by atoms with Gasteiger partial charge in [-0.1, -0.05) is 18.6 Å². The molecule has 3 saturated heterocycles. The molecule has 7 heteroatoms. The van der Waals surface area contributed by atoms with Crippen molar-refractivity contribution in [2.45, 2.75) is 83.1 Å². The van der Waals surface area contributed by atoms with Crippen LogP contribution in [-0.2, 0) is 22.7 Å². The van der Waals surface area contributed by atoms with Gasteiger partial charge in [0, 0.05) is 37.2 Å². The number of nitrogens with zero attached hydrogens (tertiary/aromatic N) is 2. The number of carbonyl (C=O) groups excluding carboxylic acids is 3. The van der Waals surface area contributed by atoms with Gasteiger partial charge in [-0.05, 0) is 75.2 Å². The fourth-order valence-electron chi connectivity index (χ4n) is 6.28. The van der Waals surface area contributed by atoms with Crippen LogP contribution in [0.15, 0.2) is 18.2 Å². The molecule has 0 aromatic heterocycles. The predicted molar refractivity (Wildman–Crippen MR) is 121 cm³/mol. The predicted octanol–water partition coefficient (Wildman–Crippen LogP) is 2.19. The van der Waals surface area contributed by atoms with Crippen molar-refractivity contribution in [3.8, 4) is 0 Å². The number of imide groups is 1. The van der Waals surface area contributed by atoms with Gasteiger partial charge in [0.25, 0.3) is 5.91 Å². The molecule has 4 aliphatic heterocycles. The normalized spacial score (nSPS) is 29.8. The van der Waals surface area contributed by atoms with Crippen LogP contribution in [0.25, 0.3) is 0 Å². The van der Waals surface area contributed by atoms with Gasteiger partial charge in [0.1, 0.15) is 6.04 Å². The lowest BCUT2D eigenvalue weighted by atomic mass is 9.82. The smallest absolute Gasteiger partial charge is 0.255 e. The lowest BCUT2D eigenvalue weighted by Crippen LogP contribution is -2.52. The maximum atomic E-state index is 13.2. The highest BCUT2D eigenvalue weighted by atomic mass is 16.2. The van der Waals surface area contributed by atoms with Crippen LogP contribution in [-0.4, -0.2) is 58.7 Å². The van der Waals surface area contributed by atoms with Crippen LogP contribution in [0.4, 0.5) is 0 Å². The average Bonchev–Trinajstić information content (AvgIpc) is 3.13. The first-order chi connectivity index (χ1) is 15.5. The summed E-state index contributed by atoms with van der Waals surface area (Å²) in [6.45, 7) is 5.88. The Balaban J connectivity index is 1.38. The van der Waals surface area contributed by atoms with Crippen molar-refractivity contribution in [2.24, 2.45) is 5.92 Å². The summed E-state index contributed by atoms with van der Waals surface area (Å²) in [4.78, 5) is 41.5. The van der Waals surface area contributed by atoms with Crippen LogP contribution >= 0.6 is 0 Å². The quantitative estimate of drug-likeness (QED) is 0.705. The molecular weight excluding hydrogens is 404 g/mol. The molecule has 32 heavy (non-hydrogen) atoms. The van der Waals surface area contributed by atoms with Gasteiger partial charge in [0.05, 0.1) is 0 Å².